The van der Waals surface area contributed by atoms with Crippen LogP contribution in [0.4, 0.5) is 0 Å². The van der Waals surface area contributed by atoms with Gasteiger partial charge in [-0.25, -0.2) is 0 Å². The first kappa shape index (κ1) is 13.7. The van der Waals surface area contributed by atoms with Crippen molar-refractivity contribution < 1.29 is 9.26 Å². The van der Waals surface area contributed by atoms with Crippen LogP contribution in [0, 0.1) is 11.3 Å². The Kier molecular flexibility index (Phi) is 5.64. The first-order chi connectivity index (χ1) is 8.22. The molecule has 0 saturated carbocycles. The molecule has 2 atom stereocenters. The van der Waals surface area contributed by atoms with E-state index in [1.807, 2.05) is 6.92 Å². The SMILES string of the molecule is CCCC(OC)c1noc(C(C)CCC#N)n1. The molecular formula is C12H19N3O2. The highest BCUT2D eigenvalue weighted by molar-refractivity contribution is 4.96. The van der Waals surface area contributed by atoms with Crippen LogP contribution < -0.4 is 0 Å². The third-order valence-corrected chi connectivity index (χ3v) is 2.69. The molecule has 0 aliphatic heterocycles. The van der Waals surface area contributed by atoms with E-state index in [4.69, 9.17) is 14.5 Å². The van der Waals surface area contributed by atoms with Crippen molar-refractivity contribution in [1.82, 2.24) is 10.1 Å². The summed E-state index contributed by atoms with van der Waals surface area (Å²) in [6.45, 7) is 4.07. The Labute approximate surface area is 102 Å². The standard InChI is InChI=1S/C12H19N3O2/c1-4-6-10(16-3)11-14-12(17-15-11)9(2)7-5-8-13/h9-10H,4-7H2,1-3H3. The summed E-state index contributed by atoms with van der Waals surface area (Å²) in [5.41, 5.74) is 0. The molecule has 0 aliphatic rings. The fourth-order valence-electron chi connectivity index (χ4n) is 1.60. The third-order valence-electron chi connectivity index (χ3n) is 2.69. The zero-order chi connectivity index (χ0) is 12.7. The molecule has 0 radical (unpaired) electrons. The smallest absolute Gasteiger partial charge is 0.229 e. The molecule has 2 unspecified atom stereocenters. The second-order valence-electron chi connectivity index (χ2n) is 4.10. The monoisotopic (exact) mass is 237 g/mol. The summed E-state index contributed by atoms with van der Waals surface area (Å²) in [7, 11) is 1.65. The fraction of sp³-hybridized carbons (Fsp3) is 0.750. The molecule has 1 rings (SSSR count). The largest absolute Gasteiger partial charge is 0.373 e. The molecule has 0 spiro atoms. The van der Waals surface area contributed by atoms with Crippen molar-refractivity contribution in [1.29, 1.82) is 5.26 Å². The Morgan fingerprint density at radius 2 is 2.24 bits per heavy atom. The van der Waals surface area contributed by atoms with E-state index >= 15 is 0 Å². The first-order valence-corrected chi connectivity index (χ1v) is 5.96. The van der Waals surface area contributed by atoms with Crippen LogP contribution >= 0.6 is 0 Å². The molecule has 1 aromatic heterocycles. The van der Waals surface area contributed by atoms with Crippen molar-refractivity contribution >= 4 is 0 Å². The number of ether oxygens (including phenoxy) is 1. The molecular weight excluding hydrogens is 218 g/mol. The Morgan fingerprint density at radius 1 is 1.47 bits per heavy atom. The van der Waals surface area contributed by atoms with Gasteiger partial charge in [-0.3, -0.25) is 0 Å². The van der Waals surface area contributed by atoms with Crippen molar-refractivity contribution in [2.75, 3.05) is 7.11 Å². The van der Waals surface area contributed by atoms with Gasteiger partial charge in [0, 0.05) is 19.4 Å². The molecule has 0 aromatic carbocycles. The lowest BCUT2D eigenvalue weighted by atomic mass is 10.1. The van der Waals surface area contributed by atoms with E-state index in [1.165, 1.54) is 0 Å². The predicted molar refractivity (Wildman–Crippen MR) is 62.2 cm³/mol. The van der Waals surface area contributed by atoms with Crippen molar-refractivity contribution in [2.24, 2.45) is 0 Å². The molecule has 1 aromatic rings. The summed E-state index contributed by atoms with van der Waals surface area (Å²) >= 11 is 0. The van der Waals surface area contributed by atoms with Gasteiger partial charge in [0.1, 0.15) is 6.10 Å². The van der Waals surface area contributed by atoms with Crippen molar-refractivity contribution in [3.05, 3.63) is 11.7 Å². The summed E-state index contributed by atoms with van der Waals surface area (Å²) in [6, 6.07) is 2.11. The molecule has 0 bridgehead atoms. The second-order valence-corrected chi connectivity index (χ2v) is 4.10. The molecule has 0 N–H and O–H groups in total. The van der Waals surface area contributed by atoms with Gasteiger partial charge in [-0.1, -0.05) is 25.4 Å². The molecule has 0 saturated heterocycles. The normalized spacial score (nSPS) is 14.2. The number of hydrogen-bond donors (Lipinski definition) is 0. The Bertz CT molecular complexity index is 370. The molecule has 0 aliphatic carbocycles. The molecule has 0 amide bonds. The van der Waals surface area contributed by atoms with Gasteiger partial charge in [-0.2, -0.15) is 10.2 Å². The minimum absolute atomic E-state index is 0.0966. The predicted octanol–water partition coefficient (Wildman–Crippen LogP) is 2.96. The summed E-state index contributed by atoms with van der Waals surface area (Å²) in [5.74, 6) is 1.32. The maximum absolute atomic E-state index is 8.53. The van der Waals surface area contributed by atoms with Gasteiger partial charge < -0.3 is 9.26 Å². The summed E-state index contributed by atoms with van der Waals surface area (Å²) in [6.07, 6.45) is 3.03. The number of aromatic nitrogens is 2. The van der Waals surface area contributed by atoms with Crippen molar-refractivity contribution in [3.63, 3.8) is 0 Å². The number of nitrogens with zero attached hydrogens (tertiary/aromatic N) is 3. The van der Waals surface area contributed by atoms with E-state index in [2.05, 4.69) is 23.1 Å². The van der Waals surface area contributed by atoms with Gasteiger partial charge in [0.2, 0.25) is 11.7 Å². The van der Waals surface area contributed by atoms with Gasteiger partial charge in [0.15, 0.2) is 0 Å². The lowest BCUT2D eigenvalue weighted by molar-refractivity contribution is 0.0854. The Morgan fingerprint density at radius 3 is 2.82 bits per heavy atom. The van der Waals surface area contributed by atoms with Crippen LogP contribution in [-0.2, 0) is 4.74 Å². The van der Waals surface area contributed by atoms with Crippen LogP contribution in [0.15, 0.2) is 4.52 Å². The summed E-state index contributed by atoms with van der Waals surface area (Å²) in [4.78, 5) is 4.34. The number of rotatable bonds is 7. The highest BCUT2D eigenvalue weighted by atomic mass is 16.5. The average molecular weight is 237 g/mol. The second kappa shape index (κ2) is 7.02. The van der Waals surface area contributed by atoms with E-state index in [1.54, 1.807) is 7.11 Å². The average Bonchev–Trinajstić information content (AvgIpc) is 2.82. The van der Waals surface area contributed by atoms with E-state index in [0.717, 1.165) is 19.3 Å². The van der Waals surface area contributed by atoms with Crippen LogP contribution in [0.3, 0.4) is 0 Å². The van der Waals surface area contributed by atoms with Crippen LogP contribution in [-0.4, -0.2) is 17.3 Å². The Balaban J connectivity index is 2.66. The van der Waals surface area contributed by atoms with E-state index in [9.17, 15) is 0 Å². The van der Waals surface area contributed by atoms with Gasteiger partial charge in [-0.15, -0.1) is 0 Å². The van der Waals surface area contributed by atoms with Crippen LogP contribution in [0.25, 0.3) is 0 Å². The zero-order valence-corrected chi connectivity index (χ0v) is 10.6. The molecule has 5 nitrogen and oxygen atoms in total. The van der Waals surface area contributed by atoms with Crippen molar-refractivity contribution in [2.45, 2.75) is 51.6 Å². The maximum atomic E-state index is 8.53. The van der Waals surface area contributed by atoms with E-state index in [-0.39, 0.29) is 12.0 Å². The molecule has 17 heavy (non-hydrogen) atoms. The molecule has 5 heteroatoms. The lowest BCUT2D eigenvalue weighted by Crippen LogP contribution is -2.03. The summed E-state index contributed by atoms with van der Waals surface area (Å²) in [5, 5.41) is 12.5. The van der Waals surface area contributed by atoms with E-state index < -0.39 is 0 Å². The maximum Gasteiger partial charge on any atom is 0.229 e. The van der Waals surface area contributed by atoms with Crippen LogP contribution in [0.1, 0.15) is 63.3 Å². The van der Waals surface area contributed by atoms with Crippen LogP contribution in [0.5, 0.6) is 0 Å². The zero-order valence-electron chi connectivity index (χ0n) is 10.6. The number of hydrogen-bond acceptors (Lipinski definition) is 5. The summed E-state index contributed by atoms with van der Waals surface area (Å²) < 4.78 is 10.5. The molecule has 94 valence electrons. The third kappa shape index (κ3) is 3.82. The first-order valence-electron chi connectivity index (χ1n) is 5.96. The lowest BCUT2D eigenvalue weighted by Gasteiger charge is -2.08. The fourth-order valence-corrected chi connectivity index (χ4v) is 1.60. The molecule has 0 fully saturated rings. The van der Waals surface area contributed by atoms with E-state index in [0.29, 0.717) is 18.1 Å². The van der Waals surface area contributed by atoms with Gasteiger partial charge in [0.25, 0.3) is 0 Å². The highest BCUT2D eigenvalue weighted by Gasteiger charge is 2.19. The number of nitriles is 1. The molecule has 1 heterocycles. The van der Waals surface area contributed by atoms with Crippen molar-refractivity contribution in [3.8, 4) is 6.07 Å². The van der Waals surface area contributed by atoms with Crippen LogP contribution in [0.2, 0.25) is 0 Å². The minimum Gasteiger partial charge on any atom is -0.373 e. The van der Waals surface area contributed by atoms with Gasteiger partial charge in [0.05, 0.1) is 6.07 Å². The topological polar surface area (TPSA) is 71.9 Å². The minimum atomic E-state index is -0.0966. The Hall–Kier alpha value is -1.41. The highest BCUT2D eigenvalue weighted by Crippen LogP contribution is 2.23. The quantitative estimate of drug-likeness (QED) is 0.729. The van der Waals surface area contributed by atoms with Gasteiger partial charge >= 0.3 is 0 Å². The van der Waals surface area contributed by atoms with Gasteiger partial charge in [-0.05, 0) is 12.8 Å². The number of methoxy groups -OCH3 is 1.